The lowest BCUT2D eigenvalue weighted by atomic mass is 9.86. The first-order valence-electron chi connectivity index (χ1n) is 6.18. The normalized spacial score (nSPS) is 12.0. The first-order chi connectivity index (χ1) is 9.47. The molecular formula is C14H13BrN4O. The zero-order valence-electron chi connectivity index (χ0n) is 11.4. The van der Waals surface area contributed by atoms with Crippen LogP contribution < -0.4 is 0 Å². The highest BCUT2D eigenvalue weighted by Crippen LogP contribution is 2.33. The number of pyridine rings is 1. The molecule has 0 aromatic carbocycles. The highest BCUT2D eigenvalue weighted by molar-refractivity contribution is 9.10. The first kappa shape index (κ1) is 13.2. The fourth-order valence-corrected chi connectivity index (χ4v) is 2.35. The largest absolute Gasteiger partial charge is 0.364 e. The van der Waals surface area contributed by atoms with Crippen LogP contribution in [0.4, 0.5) is 0 Å². The van der Waals surface area contributed by atoms with E-state index >= 15 is 0 Å². The van der Waals surface area contributed by atoms with E-state index in [0.717, 1.165) is 26.8 Å². The second-order valence-corrected chi connectivity index (χ2v) is 6.49. The second kappa shape index (κ2) is 4.63. The number of hydrogen-bond acceptors (Lipinski definition) is 5. The number of nitrogens with zero attached hydrogens (tertiary/aromatic N) is 4. The van der Waals surface area contributed by atoms with Crippen molar-refractivity contribution in [1.82, 2.24) is 20.1 Å². The third-order valence-electron chi connectivity index (χ3n) is 3.04. The fraction of sp³-hybridized carbons (Fsp3) is 0.286. The van der Waals surface area contributed by atoms with E-state index in [-0.39, 0.29) is 5.41 Å². The molecule has 0 amide bonds. The number of halogens is 1. The minimum absolute atomic E-state index is 0.0814. The van der Waals surface area contributed by atoms with Crippen LogP contribution in [-0.2, 0) is 5.41 Å². The lowest BCUT2D eigenvalue weighted by molar-refractivity contribution is 0.418. The van der Waals surface area contributed by atoms with Gasteiger partial charge in [-0.05, 0) is 27.4 Å². The monoisotopic (exact) mass is 332 g/mol. The van der Waals surface area contributed by atoms with E-state index in [1.807, 2.05) is 6.07 Å². The summed E-state index contributed by atoms with van der Waals surface area (Å²) in [6.07, 6.45) is 4.92. The third-order valence-corrected chi connectivity index (χ3v) is 3.48. The molecule has 5 nitrogen and oxygen atoms in total. The van der Waals surface area contributed by atoms with E-state index < -0.39 is 0 Å². The smallest absolute Gasteiger partial charge is 0.138 e. The zero-order valence-corrected chi connectivity index (χ0v) is 13.0. The Kier molecular flexibility index (Phi) is 3.05. The summed E-state index contributed by atoms with van der Waals surface area (Å²) in [7, 11) is 0. The molecule has 3 rings (SSSR count). The van der Waals surface area contributed by atoms with Crippen LogP contribution in [-0.4, -0.2) is 20.1 Å². The van der Waals surface area contributed by atoms with Crippen molar-refractivity contribution in [2.45, 2.75) is 26.2 Å². The van der Waals surface area contributed by atoms with Gasteiger partial charge in [0.05, 0.1) is 5.52 Å². The maximum Gasteiger partial charge on any atom is 0.138 e. The Bertz CT molecular complexity index is 776. The van der Waals surface area contributed by atoms with Crippen LogP contribution in [0.2, 0.25) is 0 Å². The van der Waals surface area contributed by atoms with E-state index in [9.17, 15) is 0 Å². The van der Waals surface area contributed by atoms with Gasteiger partial charge in [0.25, 0.3) is 0 Å². The van der Waals surface area contributed by atoms with E-state index in [1.54, 1.807) is 12.5 Å². The summed E-state index contributed by atoms with van der Waals surface area (Å²) in [5.74, 6) is 0. The van der Waals surface area contributed by atoms with Crippen molar-refractivity contribution in [1.29, 1.82) is 0 Å². The summed E-state index contributed by atoms with van der Waals surface area (Å²) in [4.78, 5) is 13.0. The summed E-state index contributed by atoms with van der Waals surface area (Å²) >= 11 is 3.39. The van der Waals surface area contributed by atoms with Crippen molar-refractivity contribution in [2.24, 2.45) is 0 Å². The van der Waals surface area contributed by atoms with Gasteiger partial charge in [-0.3, -0.25) is 4.98 Å². The van der Waals surface area contributed by atoms with Gasteiger partial charge in [0.1, 0.15) is 29.5 Å². The molecule has 6 heteroatoms. The summed E-state index contributed by atoms with van der Waals surface area (Å²) < 4.78 is 6.03. The van der Waals surface area contributed by atoms with E-state index in [2.05, 4.69) is 56.8 Å². The fourth-order valence-electron chi connectivity index (χ4n) is 2.03. The highest BCUT2D eigenvalue weighted by Gasteiger charge is 2.24. The van der Waals surface area contributed by atoms with Gasteiger partial charge in [-0.1, -0.05) is 25.9 Å². The molecule has 3 heterocycles. The van der Waals surface area contributed by atoms with Gasteiger partial charge in [0.15, 0.2) is 0 Å². The highest BCUT2D eigenvalue weighted by atomic mass is 79.9. The zero-order chi connectivity index (χ0) is 14.3. The Balaban J connectivity index is 2.28. The molecule has 0 aliphatic carbocycles. The van der Waals surface area contributed by atoms with Gasteiger partial charge >= 0.3 is 0 Å². The Labute approximate surface area is 124 Å². The van der Waals surface area contributed by atoms with Crippen LogP contribution in [0, 0.1) is 0 Å². The van der Waals surface area contributed by atoms with E-state index in [1.165, 1.54) is 6.33 Å². The molecule has 0 N–H and O–H groups in total. The predicted octanol–water partition coefficient (Wildman–Crippen LogP) is 3.74. The summed E-state index contributed by atoms with van der Waals surface area (Å²) in [5, 5.41) is 4.11. The average Bonchev–Trinajstić information content (AvgIpc) is 2.86. The maximum atomic E-state index is 5.15. The van der Waals surface area contributed by atoms with Gasteiger partial charge in [0.2, 0.25) is 0 Å². The van der Waals surface area contributed by atoms with Crippen LogP contribution in [0.5, 0.6) is 0 Å². The first-order valence-corrected chi connectivity index (χ1v) is 6.97. The molecule has 102 valence electrons. The quantitative estimate of drug-likeness (QED) is 0.679. The van der Waals surface area contributed by atoms with Gasteiger partial charge in [-0.2, -0.15) is 0 Å². The SMILES string of the molecule is CC(C)(C)c1conc1-c1ncnc2cc(Br)cnc12. The molecule has 0 saturated heterocycles. The van der Waals surface area contributed by atoms with E-state index in [4.69, 9.17) is 4.52 Å². The van der Waals surface area contributed by atoms with Crippen LogP contribution in [0.3, 0.4) is 0 Å². The van der Waals surface area contributed by atoms with Crippen LogP contribution >= 0.6 is 15.9 Å². The molecule has 0 atom stereocenters. The molecule has 0 radical (unpaired) electrons. The summed E-state index contributed by atoms with van der Waals surface area (Å²) in [5.41, 5.74) is 3.83. The topological polar surface area (TPSA) is 64.7 Å². The molecule has 0 saturated carbocycles. The molecule has 0 spiro atoms. The molecule has 0 unspecified atom stereocenters. The van der Waals surface area contributed by atoms with Gasteiger partial charge in [-0.25, -0.2) is 9.97 Å². The second-order valence-electron chi connectivity index (χ2n) is 5.57. The molecule has 3 aromatic rings. The van der Waals surface area contributed by atoms with Gasteiger partial charge in [0, 0.05) is 16.2 Å². The third kappa shape index (κ3) is 2.20. The van der Waals surface area contributed by atoms with Crippen LogP contribution in [0.15, 0.2) is 33.8 Å². The molecule has 0 bridgehead atoms. The van der Waals surface area contributed by atoms with Crippen LogP contribution in [0.25, 0.3) is 22.4 Å². The minimum Gasteiger partial charge on any atom is -0.364 e. The van der Waals surface area contributed by atoms with Crippen molar-refractivity contribution in [3.05, 3.63) is 34.9 Å². The Hall–Kier alpha value is -1.82. The molecule has 0 aliphatic rings. The number of hydrogen-bond donors (Lipinski definition) is 0. The van der Waals surface area contributed by atoms with Crippen LogP contribution in [0.1, 0.15) is 26.3 Å². The lowest BCUT2D eigenvalue weighted by Crippen LogP contribution is -2.11. The molecular weight excluding hydrogens is 320 g/mol. The van der Waals surface area contributed by atoms with Gasteiger partial charge < -0.3 is 4.52 Å². The Morgan fingerprint density at radius 1 is 1.10 bits per heavy atom. The van der Waals surface area contributed by atoms with E-state index in [0.29, 0.717) is 5.69 Å². The molecule has 0 aliphatic heterocycles. The number of aromatic nitrogens is 4. The maximum absolute atomic E-state index is 5.15. The van der Waals surface area contributed by atoms with Crippen molar-refractivity contribution in [3.8, 4) is 11.4 Å². The minimum atomic E-state index is -0.0814. The predicted molar refractivity (Wildman–Crippen MR) is 79.2 cm³/mol. The Morgan fingerprint density at radius 3 is 2.65 bits per heavy atom. The Morgan fingerprint density at radius 2 is 1.90 bits per heavy atom. The van der Waals surface area contributed by atoms with Crippen molar-refractivity contribution < 1.29 is 4.52 Å². The summed E-state index contributed by atoms with van der Waals surface area (Å²) in [6, 6.07) is 1.91. The van der Waals surface area contributed by atoms with Gasteiger partial charge in [-0.15, -0.1) is 0 Å². The average molecular weight is 333 g/mol. The number of rotatable bonds is 1. The summed E-state index contributed by atoms with van der Waals surface area (Å²) in [6.45, 7) is 6.32. The van der Waals surface area contributed by atoms with Crippen molar-refractivity contribution >= 4 is 27.0 Å². The molecule has 0 fully saturated rings. The van der Waals surface area contributed by atoms with Crippen molar-refractivity contribution in [3.63, 3.8) is 0 Å². The lowest BCUT2D eigenvalue weighted by Gasteiger charge is -2.17. The number of fused-ring (bicyclic) bond motifs is 1. The molecule has 3 aromatic heterocycles. The molecule has 20 heavy (non-hydrogen) atoms. The van der Waals surface area contributed by atoms with Crippen molar-refractivity contribution in [2.75, 3.05) is 0 Å². The standard InChI is InChI=1S/C14H13BrN4O/c1-14(2,3)9-6-20-19-11(9)13-12-10(17-7-18-13)4-8(15)5-16-12/h4-7H,1-3H3.